The van der Waals surface area contributed by atoms with E-state index in [9.17, 15) is 14.4 Å². The summed E-state index contributed by atoms with van der Waals surface area (Å²) >= 11 is 0. The molecule has 2 atom stereocenters. The summed E-state index contributed by atoms with van der Waals surface area (Å²) in [5.74, 6) is -0.980. The fraction of sp³-hybridized carbons (Fsp3) is 0.667. The van der Waals surface area contributed by atoms with Gasteiger partial charge in [-0.25, -0.2) is 9.59 Å². The number of amides is 2. The number of nitrogens with zero attached hydrogens (tertiary/aromatic N) is 3. The summed E-state index contributed by atoms with van der Waals surface area (Å²) in [6, 6.07) is 6.17. The third-order valence-electron chi connectivity index (χ3n) is 6.17. The Labute approximate surface area is 222 Å². The number of hydrogen-bond donors (Lipinski definition) is 1. The van der Waals surface area contributed by atoms with E-state index in [0.29, 0.717) is 12.2 Å². The molecular formula is C27H46N4O6. The van der Waals surface area contributed by atoms with Gasteiger partial charge in [-0.2, -0.15) is 0 Å². The van der Waals surface area contributed by atoms with Gasteiger partial charge in [0.2, 0.25) is 0 Å². The Morgan fingerprint density at radius 3 is 1.92 bits per heavy atom. The molecule has 2 N–H and O–H groups in total. The first kappa shape index (κ1) is 32.2. The topological polar surface area (TPSA) is 115 Å². The van der Waals surface area contributed by atoms with Crippen molar-refractivity contribution in [2.24, 2.45) is 17.6 Å². The summed E-state index contributed by atoms with van der Waals surface area (Å²) in [6.07, 6.45) is -2.14. The molecule has 0 aliphatic heterocycles. The quantitative estimate of drug-likeness (QED) is 0.342. The Morgan fingerprint density at radius 2 is 1.43 bits per heavy atom. The Hall–Kier alpha value is -2.85. The van der Waals surface area contributed by atoms with Crippen LogP contribution in [0.3, 0.4) is 0 Å². The van der Waals surface area contributed by atoms with Gasteiger partial charge in [-0.15, -0.1) is 0 Å². The highest BCUT2D eigenvalue weighted by Gasteiger charge is 2.28. The highest BCUT2D eigenvalue weighted by molar-refractivity contribution is 5.87. The molecule has 1 aromatic carbocycles. The van der Waals surface area contributed by atoms with E-state index in [1.807, 2.05) is 20.9 Å². The van der Waals surface area contributed by atoms with Crippen molar-refractivity contribution >= 4 is 23.8 Å². The van der Waals surface area contributed by atoms with Gasteiger partial charge in [-0.05, 0) is 51.4 Å². The fourth-order valence-corrected chi connectivity index (χ4v) is 2.84. The van der Waals surface area contributed by atoms with Crippen LogP contribution in [-0.2, 0) is 25.6 Å². The summed E-state index contributed by atoms with van der Waals surface area (Å²) in [4.78, 5) is 42.3. The number of carbonyl (C=O) groups excluding carboxylic acids is 3. The van der Waals surface area contributed by atoms with E-state index in [1.54, 1.807) is 57.1 Å². The highest BCUT2D eigenvalue weighted by atomic mass is 16.7. The van der Waals surface area contributed by atoms with Gasteiger partial charge in [0, 0.05) is 44.3 Å². The van der Waals surface area contributed by atoms with Crippen LogP contribution < -0.4 is 10.6 Å². The zero-order valence-corrected chi connectivity index (χ0v) is 24.1. The van der Waals surface area contributed by atoms with E-state index in [2.05, 4.69) is 25.7 Å². The lowest BCUT2D eigenvalue weighted by Crippen LogP contribution is -2.43. The van der Waals surface area contributed by atoms with Crippen LogP contribution in [0.25, 0.3) is 0 Å². The average molecular weight is 523 g/mol. The molecule has 2 amide bonds. The summed E-state index contributed by atoms with van der Waals surface area (Å²) < 4.78 is 16.2. The zero-order valence-electron chi connectivity index (χ0n) is 24.1. The third kappa shape index (κ3) is 10.6. The smallest absolute Gasteiger partial charge is 0.417 e. The Bertz CT molecular complexity index is 882. The molecule has 0 fully saturated rings. The maximum Gasteiger partial charge on any atom is 0.417 e. The van der Waals surface area contributed by atoms with Gasteiger partial charge in [-0.1, -0.05) is 39.8 Å². The molecule has 0 saturated heterocycles. The number of nitrogens with two attached hydrogens (primary N) is 1. The van der Waals surface area contributed by atoms with E-state index in [4.69, 9.17) is 19.9 Å². The van der Waals surface area contributed by atoms with Crippen molar-refractivity contribution in [3.05, 3.63) is 29.8 Å². The predicted octanol–water partition coefficient (Wildman–Crippen LogP) is 4.07. The molecule has 10 heteroatoms. The number of benzene rings is 1. The molecule has 1 aromatic rings. The fourth-order valence-electron chi connectivity index (χ4n) is 2.84. The monoisotopic (exact) mass is 522 g/mol. The van der Waals surface area contributed by atoms with Crippen molar-refractivity contribution in [2.75, 3.05) is 39.1 Å². The number of ether oxygens (including phenoxy) is 3. The maximum atomic E-state index is 12.7. The minimum Gasteiger partial charge on any atom is -0.445 e. The Morgan fingerprint density at radius 1 is 0.865 bits per heavy atom. The zero-order chi connectivity index (χ0) is 28.5. The number of carbonyl (C=O) groups is 3. The van der Waals surface area contributed by atoms with Gasteiger partial charge in [0.25, 0.3) is 6.29 Å². The molecule has 0 radical (unpaired) electrons. The molecule has 0 heterocycles. The second-order valence-electron chi connectivity index (χ2n) is 11.0. The molecule has 0 saturated carbocycles. The van der Waals surface area contributed by atoms with Gasteiger partial charge in [0.15, 0.2) is 0 Å². The number of hydrogen-bond acceptors (Lipinski definition) is 8. The molecule has 1 rings (SSSR count). The summed E-state index contributed by atoms with van der Waals surface area (Å²) in [5.41, 5.74) is 7.21. The molecule has 0 aliphatic carbocycles. The molecule has 0 aliphatic rings. The summed E-state index contributed by atoms with van der Waals surface area (Å²) in [5, 5.41) is 0. The van der Waals surface area contributed by atoms with Crippen LogP contribution in [-0.4, -0.2) is 80.1 Å². The van der Waals surface area contributed by atoms with E-state index >= 15 is 0 Å². The molecule has 210 valence electrons. The summed E-state index contributed by atoms with van der Waals surface area (Å²) in [7, 11) is 5.28. The van der Waals surface area contributed by atoms with Crippen molar-refractivity contribution in [1.29, 1.82) is 0 Å². The molecule has 37 heavy (non-hydrogen) atoms. The largest absolute Gasteiger partial charge is 0.445 e. The van der Waals surface area contributed by atoms with Crippen molar-refractivity contribution in [3.63, 3.8) is 0 Å². The van der Waals surface area contributed by atoms with E-state index in [0.717, 1.165) is 12.1 Å². The third-order valence-corrected chi connectivity index (χ3v) is 6.17. The minimum atomic E-state index is -1.06. The standard InChI is InChI=1S/C27H46N4O6/c1-18(2)22(28)23(32)36-24(19(3)4)37-26(34)31(10)21-13-11-20(12-14-21)17-35-25(33)29(8)15-16-30(9)27(5,6)7/h11-14,18-19,22,24H,15-17,28H2,1-10H3/t22-,24?/m0/s1. The number of likely N-dealkylation sites (N-methyl/N-ethyl adjacent to an activating group) is 2. The van der Waals surface area contributed by atoms with Crippen LogP contribution >= 0.6 is 0 Å². The lowest BCUT2D eigenvalue weighted by atomic mass is 10.1. The molecule has 0 bridgehead atoms. The highest BCUT2D eigenvalue weighted by Crippen LogP contribution is 2.19. The first-order valence-corrected chi connectivity index (χ1v) is 12.6. The number of esters is 1. The molecule has 10 nitrogen and oxygen atoms in total. The number of anilines is 1. The van der Waals surface area contributed by atoms with Crippen LogP contribution in [0.5, 0.6) is 0 Å². The lowest BCUT2D eigenvalue weighted by Gasteiger charge is -2.33. The number of rotatable bonds is 11. The van der Waals surface area contributed by atoms with E-state index in [1.165, 1.54) is 4.90 Å². The second-order valence-corrected chi connectivity index (χ2v) is 11.0. The summed E-state index contributed by atoms with van der Waals surface area (Å²) in [6.45, 7) is 14.9. The predicted molar refractivity (Wildman–Crippen MR) is 144 cm³/mol. The van der Waals surface area contributed by atoms with Crippen LogP contribution in [0.1, 0.15) is 54.0 Å². The van der Waals surface area contributed by atoms with Gasteiger partial charge >= 0.3 is 18.2 Å². The molecule has 1 unspecified atom stereocenters. The first-order chi connectivity index (χ1) is 17.0. The van der Waals surface area contributed by atoms with Crippen molar-refractivity contribution in [1.82, 2.24) is 9.80 Å². The Balaban J connectivity index is 2.65. The van der Waals surface area contributed by atoms with Crippen LogP contribution in [0.15, 0.2) is 24.3 Å². The normalized spacial score (nSPS) is 13.4. The molecule has 0 aromatic heterocycles. The average Bonchev–Trinajstić information content (AvgIpc) is 2.83. The lowest BCUT2D eigenvalue weighted by molar-refractivity contribution is -0.177. The van der Waals surface area contributed by atoms with Crippen molar-refractivity contribution in [2.45, 2.75) is 72.9 Å². The Kier molecular flexibility index (Phi) is 12.3. The van der Waals surface area contributed by atoms with Crippen molar-refractivity contribution in [3.8, 4) is 0 Å². The SMILES string of the molecule is CC(C)C(OC(=O)[C@@H](N)C(C)C)OC(=O)N(C)c1ccc(COC(=O)N(C)CCN(C)C(C)(C)C)cc1. The van der Waals surface area contributed by atoms with Crippen LogP contribution in [0, 0.1) is 11.8 Å². The first-order valence-electron chi connectivity index (χ1n) is 12.6. The van der Waals surface area contributed by atoms with E-state index in [-0.39, 0.29) is 24.0 Å². The van der Waals surface area contributed by atoms with Gasteiger partial charge in [-0.3, -0.25) is 14.6 Å². The van der Waals surface area contributed by atoms with Crippen molar-refractivity contribution < 1.29 is 28.6 Å². The van der Waals surface area contributed by atoms with Gasteiger partial charge < -0.3 is 24.8 Å². The second kappa shape index (κ2) is 14.2. The van der Waals surface area contributed by atoms with Crippen LogP contribution in [0.4, 0.5) is 15.3 Å². The maximum absolute atomic E-state index is 12.7. The van der Waals surface area contributed by atoms with Gasteiger partial charge in [0.05, 0.1) is 0 Å². The van der Waals surface area contributed by atoms with Gasteiger partial charge in [0.1, 0.15) is 12.6 Å². The molecular weight excluding hydrogens is 476 g/mol. The minimum absolute atomic E-state index is 0.0213. The van der Waals surface area contributed by atoms with Crippen LogP contribution in [0.2, 0.25) is 0 Å². The van der Waals surface area contributed by atoms with E-state index < -0.39 is 30.5 Å². The molecule has 0 spiro atoms.